The van der Waals surface area contributed by atoms with Crippen LogP contribution in [0.5, 0.6) is 0 Å². The second-order valence-corrected chi connectivity index (χ2v) is 6.05. The lowest BCUT2D eigenvalue weighted by Gasteiger charge is -2.05. The highest BCUT2D eigenvalue weighted by Crippen LogP contribution is 2.23. The van der Waals surface area contributed by atoms with Crippen LogP contribution in [0.15, 0.2) is 32.3 Å². The molecular weight excluding hydrogens is 397 g/mol. The maximum Gasteiger partial charge on any atom is 0.182 e. The molecule has 4 N–H and O–H groups in total. The number of halogens is 2. The van der Waals surface area contributed by atoms with Crippen LogP contribution < -0.4 is 5.48 Å². The Hall–Kier alpha value is -2.17. The van der Waals surface area contributed by atoms with Crippen molar-refractivity contribution in [3.8, 4) is 0 Å². The number of nitrogens with zero attached hydrogens (tertiary/aromatic N) is 3. The molecule has 0 aliphatic carbocycles. The molecule has 1 aromatic heterocycles. The van der Waals surface area contributed by atoms with E-state index in [1.54, 1.807) is 0 Å². The minimum atomic E-state index is -0.433. The highest BCUT2D eigenvalue weighted by molar-refractivity contribution is 9.10. The summed E-state index contributed by atoms with van der Waals surface area (Å²) >= 11 is 3.06. The van der Waals surface area contributed by atoms with Crippen molar-refractivity contribution in [1.29, 1.82) is 5.41 Å². The molecule has 0 saturated heterocycles. The Morgan fingerprint density at radius 1 is 1.36 bits per heavy atom. The first-order valence-corrected chi connectivity index (χ1v) is 8.27. The van der Waals surface area contributed by atoms with Gasteiger partial charge in [-0.2, -0.15) is 0 Å². The summed E-state index contributed by atoms with van der Waals surface area (Å²) in [5.41, 5.74) is 3.20. The summed E-state index contributed by atoms with van der Waals surface area (Å²) in [4.78, 5) is 4.16. The monoisotopic (exact) mass is 413 g/mol. The molecule has 10 heteroatoms. The van der Waals surface area contributed by atoms with Crippen LogP contribution in [0.1, 0.15) is 30.7 Å². The van der Waals surface area contributed by atoms with Crippen molar-refractivity contribution in [2.24, 2.45) is 4.99 Å². The molecule has 1 aromatic carbocycles. The number of rotatable bonds is 8. The first-order chi connectivity index (χ1) is 12.0. The Morgan fingerprint density at radius 2 is 2.16 bits per heavy atom. The van der Waals surface area contributed by atoms with E-state index in [9.17, 15) is 9.60 Å². The molecule has 8 nitrogen and oxygen atoms in total. The van der Waals surface area contributed by atoms with Gasteiger partial charge < -0.3 is 10.5 Å². The lowest BCUT2D eigenvalue weighted by molar-refractivity contribution is 0.234. The molecular formula is C15H17BrFN5O3. The number of aromatic nitrogens is 2. The van der Waals surface area contributed by atoms with Crippen molar-refractivity contribution < 1.29 is 19.3 Å². The van der Waals surface area contributed by atoms with E-state index in [0.29, 0.717) is 36.4 Å². The minimum absolute atomic E-state index is 0.0297. The molecule has 25 heavy (non-hydrogen) atoms. The average molecular weight is 414 g/mol. The SMILES string of the molecule is N=C(CCCCO)Cc1nonc1C(=Nc1ccc(F)c(Br)c1)NO. The number of nitrogens with one attached hydrogen (secondary N) is 2. The number of amidine groups is 1. The quantitative estimate of drug-likeness (QED) is 0.228. The lowest BCUT2D eigenvalue weighted by Crippen LogP contribution is -2.22. The third-order valence-corrected chi connectivity index (χ3v) is 3.91. The Bertz CT molecular complexity index is 765. The van der Waals surface area contributed by atoms with Crippen LogP contribution in [0.3, 0.4) is 0 Å². The van der Waals surface area contributed by atoms with Gasteiger partial charge in [0, 0.05) is 18.7 Å². The van der Waals surface area contributed by atoms with Gasteiger partial charge in [-0.15, -0.1) is 0 Å². The van der Waals surface area contributed by atoms with Crippen LogP contribution in [-0.4, -0.2) is 38.8 Å². The molecule has 0 bridgehead atoms. The second-order valence-electron chi connectivity index (χ2n) is 5.19. The van der Waals surface area contributed by atoms with Crippen LogP contribution in [0, 0.1) is 11.2 Å². The van der Waals surface area contributed by atoms with Crippen molar-refractivity contribution in [3.63, 3.8) is 0 Å². The number of aliphatic imine (C=N–C) groups is 1. The summed E-state index contributed by atoms with van der Waals surface area (Å²) in [5.74, 6) is -0.463. The first-order valence-electron chi connectivity index (χ1n) is 7.48. The van der Waals surface area contributed by atoms with Gasteiger partial charge in [0.1, 0.15) is 11.5 Å². The van der Waals surface area contributed by atoms with Crippen LogP contribution in [0.4, 0.5) is 10.1 Å². The molecule has 0 spiro atoms. The van der Waals surface area contributed by atoms with E-state index in [4.69, 9.17) is 15.1 Å². The molecule has 0 atom stereocenters. The largest absolute Gasteiger partial charge is 0.396 e. The predicted molar refractivity (Wildman–Crippen MR) is 91.9 cm³/mol. The van der Waals surface area contributed by atoms with Crippen LogP contribution in [-0.2, 0) is 6.42 Å². The topological polar surface area (TPSA) is 128 Å². The molecule has 2 aromatic rings. The van der Waals surface area contributed by atoms with E-state index in [1.165, 1.54) is 18.2 Å². The van der Waals surface area contributed by atoms with Crippen molar-refractivity contribution in [1.82, 2.24) is 15.8 Å². The fourth-order valence-electron chi connectivity index (χ4n) is 2.06. The Kier molecular flexibility index (Phi) is 7.16. The Labute approximate surface area is 151 Å². The minimum Gasteiger partial charge on any atom is -0.396 e. The molecule has 0 aliphatic rings. The predicted octanol–water partition coefficient (Wildman–Crippen LogP) is 2.75. The summed E-state index contributed by atoms with van der Waals surface area (Å²) in [5, 5.41) is 33.5. The fraction of sp³-hybridized carbons (Fsp3) is 0.333. The highest BCUT2D eigenvalue weighted by atomic mass is 79.9. The molecule has 0 radical (unpaired) electrons. The molecule has 0 aliphatic heterocycles. The number of aliphatic hydroxyl groups excluding tert-OH is 1. The van der Waals surface area contributed by atoms with E-state index in [2.05, 4.69) is 31.2 Å². The average Bonchev–Trinajstić information content (AvgIpc) is 3.04. The first kappa shape index (κ1) is 19.2. The summed E-state index contributed by atoms with van der Waals surface area (Å²) < 4.78 is 18.2. The van der Waals surface area contributed by atoms with Gasteiger partial charge in [-0.05, 0) is 58.5 Å². The van der Waals surface area contributed by atoms with E-state index < -0.39 is 5.82 Å². The highest BCUT2D eigenvalue weighted by Gasteiger charge is 2.18. The smallest absolute Gasteiger partial charge is 0.182 e. The van der Waals surface area contributed by atoms with Gasteiger partial charge in [0.15, 0.2) is 11.5 Å². The standard InChI is InChI=1S/C15H17BrFN5O3/c16-11-8-10(4-5-12(11)17)19-15(20-24)14-13(21-25-22-14)7-9(18)3-1-2-6-23/h4-5,8,18,23-24H,1-3,6-7H2,(H,19,20). The van der Waals surface area contributed by atoms with Gasteiger partial charge in [0.2, 0.25) is 0 Å². The number of aliphatic hydroxyl groups is 1. The Morgan fingerprint density at radius 3 is 2.84 bits per heavy atom. The molecule has 0 saturated carbocycles. The molecule has 2 rings (SSSR count). The number of hydrogen-bond donors (Lipinski definition) is 4. The number of hydroxylamine groups is 1. The van der Waals surface area contributed by atoms with Crippen molar-refractivity contribution in [2.45, 2.75) is 25.7 Å². The Balaban J connectivity index is 2.18. The maximum absolute atomic E-state index is 13.3. The van der Waals surface area contributed by atoms with E-state index in [1.807, 2.05) is 5.48 Å². The van der Waals surface area contributed by atoms with Crippen molar-refractivity contribution in [3.05, 3.63) is 39.9 Å². The summed E-state index contributed by atoms with van der Waals surface area (Å²) in [6.07, 6.45) is 2.00. The van der Waals surface area contributed by atoms with Crippen LogP contribution >= 0.6 is 15.9 Å². The van der Waals surface area contributed by atoms with E-state index in [0.717, 1.165) is 0 Å². The fourth-order valence-corrected chi connectivity index (χ4v) is 2.42. The van der Waals surface area contributed by atoms with Gasteiger partial charge in [-0.3, -0.25) is 10.7 Å². The van der Waals surface area contributed by atoms with Gasteiger partial charge in [-0.1, -0.05) is 5.16 Å². The van der Waals surface area contributed by atoms with Gasteiger partial charge in [-0.25, -0.2) is 14.0 Å². The van der Waals surface area contributed by atoms with Crippen molar-refractivity contribution >= 4 is 33.2 Å². The third kappa shape index (κ3) is 5.41. The van der Waals surface area contributed by atoms with E-state index in [-0.39, 0.29) is 29.0 Å². The molecule has 0 amide bonds. The van der Waals surface area contributed by atoms with Gasteiger partial charge in [0.05, 0.1) is 10.2 Å². The maximum atomic E-state index is 13.3. The third-order valence-electron chi connectivity index (χ3n) is 3.30. The van der Waals surface area contributed by atoms with Crippen LogP contribution in [0.2, 0.25) is 0 Å². The summed E-state index contributed by atoms with van der Waals surface area (Å²) in [7, 11) is 0. The zero-order valence-corrected chi connectivity index (χ0v) is 14.8. The number of unbranched alkanes of at least 4 members (excludes halogenated alkanes) is 1. The molecule has 1 heterocycles. The zero-order valence-electron chi connectivity index (χ0n) is 13.2. The summed E-state index contributed by atoms with van der Waals surface area (Å²) in [6, 6.07) is 4.11. The van der Waals surface area contributed by atoms with Gasteiger partial charge in [0.25, 0.3) is 0 Å². The molecule has 0 unspecified atom stereocenters. The summed E-state index contributed by atoms with van der Waals surface area (Å²) in [6.45, 7) is 0.0858. The van der Waals surface area contributed by atoms with Gasteiger partial charge >= 0.3 is 0 Å². The normalized spacial score (nSPS) is 11.6. The van der Waals surface area contributed by atoms with Crippen molar-refractivity contribution in [2.75, 3.05) is 6.61 Å². The van der Waals surface area contributed by atoms with Crippen LogP contribution in [0.25, 0.3) is 0 Å². The molecule has 0 fully saturated rings. The zero-order chi connectivity index (χ0) is 18.2. The molecule has 134 valence electrons. The number of benzene rings is 1. The second kappa shape index (κ2) is 9.35. The number of hydrogen-bond acceptors (Lipinski definition) is 7. The van der Waals surface area contributed by atoms with E-state index >= 15 is 0 Å². The lowest BCUT2D eigenvalue weighted by atomic mass is 10.1.